The van der Waals surface area contributed by atoms with Crippen molar-refractivity contribution in [1.82, 2.24) is 39.7 Å². The highest BCUT2D eigenvalue weighted by molar-refractivity contribution is 7.91. The fourth-order valence-electron chi connectivity index (χ4n) is 6.65. The highest BCUT2D eigenvalue weighted by Gasteiger charge is 2.46. The minimum atomic E-state index is -4.68. The molecule has 2 aliphatic rings. The number of H-pyrrole nitrogens is 1. The number of fused-ring (bicyclic) bond motifs is 3. The molecule has 2 saturated heterocycles. The van der Waals surface area contributed by atoms with E-state index < -0.39 is 27.4 Å². The number of anilines is 1. The van der Waals surface area contributed by atoms with E-state index in [1.165, 1.54) is 29.3 Å². The Hall–Kier alpha value is -4.93. The highest BCUT2D eigenvalue weighted by Crippen LogP contribution is 2.45. The van der Waals surface area contributed by atoms with Gasteiger partial charge in [-0.1, -0.05) is 6.07 Å². The second-order valence-corrected chi connectivity index (χ2v) is 13.5. The van der Waals surface area contributed by atoms with Crippen molar-refractivity contribution in [1.29, 1.82) is 0 Å². The molecule has 238 valence electrons. The fourth-order valence-corrected chi connectivity index (χ4v) is 7.71. The van der Waals surface area contributed by atoms with Gasteiger partial charge in [-0.05, 0) is 49.9 Å². The zero-order chi connectivity index (χ0) is 32.5. The Kier molecular flexibility index (Phi) is 6.84. The van der Waals surface area contributed by atoms with E-state index in [9.17, 15) is 30.8 Å². The number of aromatic amines is 1. The van der Waals surface area contributed by atoms with Crippen LogP contribution in [0.3, 0.4) is 0 Å². The van der Waals surface area contributed by atoms with E-state index in [0.717, 1.165) is 31.2 Å². The summed E-state index contributed by atoms with van der Waals surface area (Å²) in [5.74, 6) is -1.64. The standard InChI is InChI=1S/C29H25F4N9O3S/c1-46(44,45)24-23(15-8-17-4-5-18(9-15)41(17)28(43)26-36-13-37-40-26)39-27-20(12-38-42(27)25(24)34)14-2-7-22(35-11-14)19-6-3-16(10-21(19)30)29(31,32)33/h2-3,6-7,10-13,15,17-18H,4-5,8-9,34H2,1H3,(H,36,37,40)/t15?,17-,18+. The number of aromatic nitrogens is 7. The van der Waals surface area contributed by atoms with E-state index in [0.29, 0.717) is 30.0 Å². The zero-order valence-corrected chi connectivity index (χ0v) is 24.8. The first kappa shape index (κ1) is 29.8. The van der Waals surface area contributed by atoms with E-state index in [-0.39, 0.29) is 63.0 Å². The number of nitrogens with zero attached hydrogens (tertiary/aromatic N) is 7. The molecule has 2 fully saturated rings. The van der Waals surface area contributed by atoms with Gasteiger partial charge in [0.25, 0.3) is 5.91 Å². The van der Waals surface area contributed by atoms with Crippen LogP contribution in [0.4, 0.5) is 23.4 Å². The molecule has 0 radical (unpaired) electrons. The Morgan fingerprint density at radius 2 is 1.78 bits per heavy atom. The number of hydrogen-bond acceptors (Lipinski definition) is 9. The number of benzene rings is 1. The molecule has 46 heavy (non-hydrogen) atoms. The first-order chi connectivity index (χ1) is 21.8. The summed E-state index contributed by atoms with van der Waals surface area (Å²) < 4.78 is 80.9. The number of carbonyl (C=O) groups excluding carboxylic acids is 1. The molecule has 1 amide bonds. The molecule has 0 saturated carbocycles. The van der Waals surface area contributed by atoms with Crippen LogP contribution >= 0.6 is 0 Å². The van der Waals surface area contributed by atoms with Crippen molar-refractivity contribution in [2.45, 2.75) is 54.8 Å². The van der Waals surface area contributed by atoms with Crippen LogP contribution in [0.25, 0.3) is 28.0 Å². The van der Waals surface area contributed by atoms with Crippen LogP contribution in [0, 0.1) is 5.82 Å². The number of sulfone groups is 1. The van der Waals surface area contributed by atoms with Gasteiger partial charge in [0, 0.05) is 47.1 Å². The maximum atomic E-state index is 14.6. The summed E-state index contributed by atoms with van der Waals surface area (Å²) >= 11 is 0. The molecule has 3 N–H and O–H groups in total. The molecule has 2 bridgehead atoms. The predicted molar refractivity (Wildman–Crippen MR) is 155 cm³/mol. The largest absolute Gasteiger partial charge is 0.416 e. The molecule has 3 atom stereocenters. The molecular formula is C29H25F4N9O3S. The summed E-state index contributed by atoms with van der Waals surface area (Å²) in [5.41, 5.74) is 6.85. The first-order valence-corrected chi connectivity index (χ1v) is 16.1. The number of alkyl halides is 3. The molecule has 4 aromatic heterocycles. The number of nitrogen functional groups attached to an aromatic ring is 1. The SMILES string of the molecule is CS(=O)(=O)c1c(C2C[C@H]3CC[C@@H](C2)N3C(=O)c2ncn[nH]2)nc2c(-c3ccc(-c4ccc(C(F)(F)F)cc4F)nc3)cnn2c1N. The van der Waals surface area contributed by atoms with Crippen LogP contribution < -0.4 is 5.73 Å². The van der Waals surface area contributed by atoms with Crippen molar-refractivity contribution >= 4 is 27.2 Å². The number of piperidine rings is 1. The highest BCUT2D eigenvalue weighted by atomic mass is 32.2. The van der Waals surface area contributed by atoms with Crippen molar-refractivity contribution in [3.63, 3.8) is 0 Å². The minimum absolute atomic E-state index is 0.107. The lowest BCUT2D eigenvalue weighted by atomic mass is 9.87. The number of carbonyl (C=O) groups is 1. The number of amides is 1. The second kappa shape index (κ2) is 10.6. The van der Waals surface area contributed by atoms with E-state index in [2.05, 4.69) is 25.3 Å². The number of nitrogens with one attached hydrogen (secondary N) is 1. The van der Waals surface area contributed by atoms with Crippen LogP contribution in [-0.4, -0.2) is 72.3 Å². The smallest absolute Gasteiger partial charge is 0.382 e. The van der Waals surface area contributed by atoms with Crippen LogP contribution in [0.15, 0.2) is 53.9 Å². The summed E-state index contributed by atoms with van der Waals surface area (Å²) in [6, 6.07) is 4.94. The van der Waals surface area contributed by atoms with E-state index in [4.69, 9.17) is 10.7 Å². The average molecular weight is 656 g/mol. The van der Waals surface area contributed by atoms with Crippen LogP contribution in [0.5, 0.6) is 0 Å². The Morgan fingerprint density at radius 3 is 2.37 bits per heavy atom. The lowest BCUT2D eigenvalue weighted by Crippen LogP contribution is -2.46. The van der Waals surface area contributed by atoms with Crippen molar-refractivity contribution in [2.24, 2.45) is 0 Å². The van der Waals surface area contributed by atoms with Crippen molar-refractivity contribution < 1.29 is 30.8 Å². The first-order valence-electron chi connectivity index (χ1n) is 14.2. The van der Waals surface area contributed by atoms with Gasteiger partial charge < -0.3 is 10.6 Å². The Morgan fingerprint density at radius 1 is 1.04 bits per heavy atom. The van der Waals surface area contributed by atoms with Gasteiger partial charge in [-0.25, -0.2) is 22.8 Å². The number of rotatable bonds is 5. The molecule has 6 heterocycles. The third kappa shape index (κ3) is 4.94. The summed E-state index contributed by atoms with van der Waals surface area (Å²) in [7, 11) is -3.86. The summed E-state index contributed by atoms with van der Waals surface area (Å²) in [6.07, 6.45) is 2.88. The second-order valence-electron chi connectivity index (χ2n) is 11.5. The van der Waals surface area contributed by atoms with Gasteiger partial charge in [-0.3, -0.25) is 14.9 Å². The molecule has 2 aliphatic heterocycles. The summed E-state index contributed by atoms with van der Waals surface area (Å²) in [5, 5.41) is 10.7. The van der Waals surface area contributed by atoms with Gasteiger partial charge >= 0.3 is 6.18 Å². The third-order valence-corrected chi connectivity index (χ3v) is 9.81. The van der Waals surface area contributed by atoms with Gasteiger partial charge in [0.05, 0.1) is 23.1 Å². The number of halogens is 4. The molecule has 1 aromatic carbocycles. The molecule has 7 rings (SSSR count). The van der Waals surface area contributed by atoms with Gasteiger partial charge in [-0.15, -0.1) is 0 Å². The molecule has 17 heteroatoms. The zero-order valence-electron chi connectivity index (χ0n) is 24.0. The van der Waals surface area contributed by atoms with Crippen LogP contribution in [0.1, 0.15) is 53.5 Å². The summed E-state index contributed by atoms with van der Waals surface area (Å²) in [4.78, 5) is 27.9. The van der Waals surface area contributed by atoms with Gasteiger partial charge in [-0.2, -0.15) is 27.9 Å². The lowest BCUT2D eigenvalue weighted by Gasteiger charge is -2.38. The molecule has 12 nitrogen and oxygen atoms in total. The Balaban J connectivity index is 1.25. The summed E-state index contributed by atoms with van der Waals surface area (Å²) in [6.45, 7) is 0. The van der Waals surface area contributed by atoms with Crippen molar-refractivity contribution in [3.05, 3.63) is 72.0 Å². The maximum absolute atomic E-state index is 14.6. The fraction of sp³-hybridized carbons (Fsp3) is 0.310. The monoisotopic (exact) mass is 655 g/mol. The van der Waals surface area contributed by atoms with Gasteiger partial charge in [0.15, 0.2) is 15.5 Å². The van der Waals surface area contributed by atoms with Crippen LogP contribution in [0.2, 0.25) is 0 Å². The average Bonchev–Trinajstić information content (AvgIpc) is 3.74. The predicted octanol–water partition coefficient (Wildman–Crippen LogP) is 4.27. The minimum Gasteiger partial charge on any atom is -0.382 e. The van der Waals surface area contributed by atoms with E-state index in [1.54, 1.807) is 11.0 Å². The number of pyridine rings is 1. The quantitative estimate of drug-likeness (QED) is 0.263. The molecule has 1 unspecified atom stereocenters. The van der Waals surface area contributed by atoms with E-state index >= 15 is 0 Å². The van der Waals surface area contributed by atoms with E-state index in [1.807, 2.05) is 0 Å². The molecule has 0 aliphatic carbocycles. The van der Waals surface area contributed by atoms with Gasteiger partial charge in [0.2, 0.25) is 5.82 Å². The lowest BCUT2D eigenvalue weighted by molar-refractivity contribution is -0.137. The van der Waals surface area contributed by atoms with Crippen molar-refractivity contribution in [3.8, 4) is 22.4 Å². The normalized spacial score (nSPS) is 20.0. The Labute approximate surface area is 258 Å². The molecule has 5 aromatic rings. The number of hydrogen-bond donors (Lipinski definition) is 2. The molecular weight excluding hydrogens is 630 g/mol. The van der Waals surface area contributed by atoms with Crippen LogP contribution in [-0.2, 0) is 16.0 Å². The maximum Gasteiger partial charge on any atom is 0.416 e. The number of nitrogens with two attached hydrogens (primary N) is 1. The topological polar surface area (TPSA) is 165 Å². The van der Waals surface area contributed by atoms with Crippen molar-refractivity contribution in [2.75, 3.05) is 12.0 Å². The third-order valence-electron chi connectivity index (χ3n) is 8.65. The Bertz CT molecular complexity index is 2080. The molecule has 0 spiro atoms. The van der Waals surface area contributed by atoms with Gasteiger partial charge in [0.1, 0.15) is 22.9 Å².